The molecular weight excluding hydrogens is 356 g/mol. The zero-order chi connectivity index (χ0) is 18.5. The summed E-state index contributed by atoms with van der Waals surface area (Å²) in [4.78, 5) is 15.9. The van der Waals surface area contributed by atoms with Crippen molar-refractivity contribution in [3.8, 4) is 0 Å². The Kier molecular flexibility index (Phi) is 6.14. The standard InChI is InChI=1S/C21H28N4OS/c26-21(16-27-20-9-5-2-6-10-20)22-14-17-13-19-15-24(11-12-25(19)23-17)18-7-3-1-4-8-18/h2,5-6,9-10,13,18H,1,3-4,7-8,11-12,14-16H2,(H,22,26). The molecule has 1 fully saturated rings. The van der Waals surface area contributed by atoms with Crippen LogP contribution >= 0.6 is 11.8 Å². The van der Waals surface area contributed by atoms with E-state index in [1.54, 1.807) is 11.8 Å². The number of amides is 1. The predicted molar refractivity (Wildman–Crippen MR) is 109 cm³/mol. The summed E-state index contributed by atoms with van der Waals surface area (Å²) in [6.45, 7) is 3.57. The average Bonchev–Trinajstić information content (AvgIpc) is 3.14. The van der Waals surface area contributed by atoms with Crippen molar-refractivity contribution in [1.29, 1.82) is 0 Å². The number of fused-ring (bicyclic) bond motifs is 1. The SMILES string of the molecule is O=C(CSc1ccccc1)NCc1cc2n(n1)CCN(C1CCCCC1)C2. The van der Waals surface area contributed by atoms with Crippen molar-refractivity contribution in [2.24, 2.45) is 0 Å². The number of nitrogens with zero attached hydrogens (tertiary/aromatic N) is 3. The molecule has 1 aliphatic carbocycles. The highest BCUT2D eigenvalue weighted by Gasteiger charge is 2.25. The van der Waals surface area contributed by atoms with Crippen molar-refractivity contribution < 1.29 is 4.79 Å². The van der Waals surface area contributed by atoms with Crippen LogP contribution in [0.15, 0.2) is 41.3 Å². The topological polar surface area (TPSA) is 50.2 Å². The van der Waals surface area contributed by atoms with Gasteiger partial charge in [-0.25, -0.2) is 0 Å². The molecule has 1 amide bonds. The lowest BCUT2D eigenvalue weighted by Gasteiger charge is -2.36. The van der Waals surface area contributed by atoms with E-state index in [0.29, 0.717) is 12.3 Å². The van der Waals surface area contributed by atoms with Crippen LogP contribution in [-0.2, 0) is 24.4 Å². The van der Waals surface area contributed by atoms with Crippen molar-refractivity contribution in [2.45, 2.75) is 62.7 Å². The maximum atomic E-state index is 12.1. The van der Waals surface area contributed by atoms with Crippen LogP contribution in [0.4, 0.5) is 0 Å². The summed E-state index contributed by atoms with van der Waals surface area (Å²) in [6.07, 6.45) is 6.83. The normalized spacial score (nSPS) is 18.2. The number of rotatable bonds is 6. The molecule has 0 spiro atoms. The van der Waals surface area contributed by atoms with Crippen molar-refractivity contribution in [2.75, 3.05) is 12.3 Å². The van der Waals surface area contributed by atoms with Crippen LogP contribution in [-0.4, -0.2) is 38.9 Å². The molecule has 2 aliphatic rings. The van der Waals surface area contributed by atoms with E-state index in [1.807, 2.05) is 30.3 Å². The monoisotopic (exact) mass is 384 g/mol. The molecule has 6 heteroatoms. The first-order chi connectivity index (χ1) is 13.3. The third-order valence-electron chi connectivity index (χ3n) is 5.55. The molecular formula is C21H28N4OS. The Morgan fingerprint density at radius 3 is 2.78 bits per heavy atom. The van der Waals surface area contributed by atoms with Gasteiger partial charge in [0.15, 0.2) is 0 Å². The molecule has 0 saturated heterocycles. The van der Waals surface area contributed by atoms with Crippen LogP contribution in [0.25, 0.3) is 0 Å². The van der Waals surface area contributed by atoms with Gasteiger partial charge in [-0.15, -0.1) is 11.8 Å². The summed E-state index contributed by atoms with van der Waals surface area (Å²) in [6, 6.07) is 12.9. The average molecular weight is 385 g/mol. The van der Waals surface area contributed by atoms with Gasteiger partial charge in [0.05, 0.1) is 30.2 Å². The summed E-state index contributed by atoms with van der Waals surface area (Å²) in [7, 11) is 0. The summed E-state index contributed by atoms with van der Waals surface area (Å²) < 4.78 is 2.12. The van der Waals surface area contributed by atoms with E-state index < -0.39 is 0 Å². The molecule has 0 bridgehead atoms. The van der Waals surface area contributed by atoms with Crippen LogP contribution in [0, 0.1) is 0 Å². The molecule has 1 N–H and O–H groups in total. The van der Waals surface area contributed by atoms with E-state index in [-0.39, 0.29) is 5.91 Å². The molecule has 2 aromatic rings. The van der Waals surface area contributed by atoms with Crippen molar-refractivity contribution >= 4 is 17.7 Å². The molecule has 0 unspecified atom stereocenters. The van der Waals surface area contributed by atoms with Crippen LogP contribution in [0.2, 0.25) is 0 Å². The van der Waals surface area contributed by atoms with E-state index in [0.717, 1.165) is 36.3 Å². The Morgan fingerprint density at radius 2 is 1.96 bits per heavy atom. The Hall–Kier alpha value is -1.79. The summed E-state index contributed by atoms with van der Waals surface area (Å²) >= 11 is 1.56. The molecule has 1 aromatic heterocycles. The molecule has 0 atom stereocenters. The van der Waals surface area contributed by atoms with Gasteiger partial charge in [0, 0.05) is 24.0 Å². The van der Waals surface area contributed by atoms with Gasteiger partial charge in [0.1, 0.15) is 0 Å². The van der Waals surface area contributed by atoms with E-state index in [9.17, 15) is 4.79 Å². The first-order valence-corrected chi connectivity index (χ1v) is 11.0. The number of thioether (sulfide) groups is 1. The second kappa shape index (κ2) is 8.93. The molecule has 4 rings (SSSR count). The number of benzene rings is 1. The second-order valence-electron chi connectivity index (χ2n) is 7.49. The van der Waals surface area contributed by atoms with Crippen molar-refractivity contribution in [3.05, 3.63) is 47.8 Å². The highest BCUT2D eigenvalue weighted by Crippen LogP contribution is 2.26. The minimum Gasteiger partial charge on any atom is -0.350 e. The van der Waals surface area contributed by atoms with Gasteiger partial charge < -0.3 is 5.32 Å². The predicted octanol–water partition coefficient (Wildman–Crippen LogP) is 3.44. The van der Waals surface area contributed by atoms with E-state index >= 15 is 0 Å². The summed E-state index contributed by atoms with van der Waals surface area (Å²) in [5.74, 6) is 0.492. The minimum absolute atomic E-state index is 0.0543. The molecule has 1 aromatic carbocycles. The van der Waals surface area contributed by atoms with Gasteiger partial charge in [-0.2, -0.15) is 5.10 Å². The zero-order valence-corrected chi connectivity index (χ0v) is 16.6. The second-order valence-corrected chi connectivity index (χ2v) is 8.54. The third-order valence-corrected chi connectivity index (χ3v) is 6.56. The Labute approximate surface area is 165 Å². The van der Waals surface area contributed by atoms with Gasteiger partial charge >= 0.3 is 0 Å². The lowest BCUT2D eigenvalue weighted by molar-refractivity contribution is -0.118. The maximum Gasteiger partial charge on any atom is 0.230 e. The van der Waals surface area contributed by atoms with Gasteiger partial charge in [-0.3, -0.25) is 14.4 Å². The van der Waals surface area contributed by atoms with Gasteiger partial charge in [0.2, 0.25) is 5.91 Å². The maximum absolute atomic E-state index is 12.1. The number of aromatic nitrogens is 2. The number of nitrogens with one attached hydrogen (secondary N) is 1. The van der Waals surface area contributed by atoms with Gasteiger partial charge in [0.25, 0.3) is 0 Å². The Morgan fingerprint density at radius 1 is 1.15 bits per heavy atom. The van der Waals surface area contributed by atoms with E-state index in [4.69, 9.17) is 0 Å². The molecule has 27 heavy (non-hydrogen) atoms. The van der Waals surface area contributed by atoms with Crippen LogP contribution < -0.4 is 5.32 Å². The van der Waals surface area contributed by atoms with Crippen LogP contribution in [0.1, 0.15) is 43.5 Å². The fourth-order valence-electron chi connectivity index (χ4n) is 4.10. The summed E-state index contributed by atoms with van der Waals surface area (Å²) in [5.41, 5.74) is 2.25. The largest absolute Gasteiger partial charge is 0.350 e. The number of hydrogen-bond acceptors (Lipinski definition) is 4. The molecule has 5 nitrogen and oxygen atoms in total. The Balaban J connectivity index is 1.26. The van der Waals surface area contributed by atoms with Crippen molar-refractivity contribution in [1.82, 2.24) is 20.0 Å². The molecule has 1 saturated carbocycles. The number of carbonyl (C=O) groups excluding carboxylic acids is 1. The Bertz CT molecular complexity index is 755. The van der Waals surface area contributed by atoms with E-state index in [1.165, 1.54) is 37.8 Å². The highest BCUT2D eigenvalue weighted by molar-refractivity contribution is 8.00. The number of hydrogen-bond donors (Lipinski definition) is 1. The minimum atomic E-state index is 0.0543. The fourth-order valence-corrected chi connectivity index (χ4v) is 4.85. The highest BCUT2D eigenvalue weighted by atomic mass is 32.2. The first kappa shape index (κ1) is 18.6. The molecule has 1 aliphatic heterocycles. The molecule has 0 radical (unpaired) electrons. The number of carbonyl (C=O) groups is 1. The lowest BCUT2D eigenvalue weighted by atomic mass is 9.94. The smallest absolute Gasteiger partial charge is 0.230 e. The lowest BCUT2D eigenvalue weighted by Crippen LogP contribution is -2.42. The van der Waals surface area contributed by atoms with Crippen LogP contribution in [0.5, 0.6) is 0 Å². The van der Waals surface area contributed by atoms with Gasteiger partial charge in [-0.1, -0.05) is 37.5 Å². The quantitative estimate of drug-likeness (QED) is 0.775. The van der Waals surface area contributed by atoms with Crippen LogP contribution in [0.3, 0.4) is 0 Å². The van der Waals surface area contributed by atoms with E-state index in [2.05, 4.69) is 26.1 Å². The molecule has 2 heterocycles. The van der Waals surface area contributed by atoms with Crippen molar-refractivity contribution in [3.63, 3.8) is 0 Å². The third kappa shape index (κ3) is 4.93. The van der Waals surface area contributed by atoms with Gasteiger partial charge in [-0.05, 0) is 31.0 Å². The fraction of sp³-hybridized carbons (Fsp3) is 0.524. The zero-order valence-electron chi connectivity index (χ0n) is 15.8. The first-order valence-electron chi connectivity index (χ1n) is 10.0. The summed E-state index contributed by atoms with van der Waals surface area (Å²) in [5, 5.41) is 7.69. The molecule has 144 valence electrons.